The lowest BCUT2D eigenvalue weighted by Crippen LogP contribution is -2.34. The van der Waals surface area contributed by atoms with Crippen LogP contribution in [0.15, 0.2) is 0 Å². The third kappa shape index (κ3) is 3.51. The standard InChI is InChI=1S/C10H17NO4/c12-8(11-15)6-10(7-9(13)14)4-2-1-3-5-10/h15H,1-7H2,(H,11,12)(H,13,14). The maximum atomic E-state index is 11.1. The third-order valence-corrected chi connectivity index (χ3v) is 3.10. The Morgan fingerprint density at radius 2 is 1.73 bits per heavy atom. The summed E-state index contributed by atoms with van der Waals surface area (Å²) < 4.78 is 0. The summed E-state index contributed by atoms with van der Waals surface area (Å²) in [4.78, 5) is 21.9. The average Bonchev–Trinajstić information content (AvgIpc) is 2.17. The molecule has 5 heteroatoms. The molecule has 86 valence electrons. The summed E-state index contributed by atoms with van der Waals surface area (Å²) in [6.45, 7) is 0. The van der Waals surface area contributed by atoms with E-state index in [1.54, 1.807) is 5.48 Å². The summed E-state index contributed by atoms with van der Waals surface area (Å²) >= 11 is 0. The fraction of sp³-hybridized carbons (Fsp3) is 0.800. The van der Waals surface area contributed by atoms with Crippen LogP contribution < -0.4 is 5.48 Å². The van der Waals surface area contributed by atoms with Crippen molar-refractivity contribution in [1.29, 1.82) is 0 Å². The topological polar surface area (TPSA) is 86.6 Å². The Morgan fingerprint density at radius 1 is 1.13 bits per heavy atom. The highest BCUT2D eigenvalue weighted by Crippen LogP contribution is 2.42. The summed E-state index contributed by atoms with van der Waals surface area (Å²) in [6.07, 6.45) is 4.66. The summed E-state index contributed by atoms with van der Waals surface area (Å²) in [6, 6.07) is 0. The van der Waals surface area contributed by atoms with Gasteiger partial charge in [0.1, 0.15) is 0 Å². The SMILES string of the molecule is O=C(O)CC1(CC(=O)NO)CCCCC1. The second-order valence-corrected chi connectivity index (χ2v) is 4.34. The van der Waals surface area contributed by atoms with E-state index >= 15 is 0 Å². The summed E-state index contributed by atoms with van der Waals surface area (Å²) in [5, 5.41) is 17.3. The van der Waals surface area contributed by atoms with Crippen molar-refractivity contribution in [1.82, 2.24) is 5.48 Å². The largest absolute Gasteiger partial charge is 0.481 e. The van der Waals surface area contributed by atoms with Gasteiger partial charge in [0.15, 0.2) is 0 Å². The minimum absolute atomic E-state index is 0.0143. The number of carboxylic acid groups (broad SMARTS) is 1. The van der Waals surface area contributed by atoms with Crippen LogP contribution in [-0.4, -0.2) is 22.2 Å². The van der Waals surface area contributed by atoms with Crippen molar-refractivity contribution in [2.45, 2.75) is 44.9 Å². The van der Waals surface area contributed by atoms with Crippen LogP contribution in [0.2, 0.25) is 0 Å². The smallest absolute Gasteiger partial charge is 0.303 e. The van der Waals surface area contributed by atoms with E-state index in [-0.39, 0.29) is 12.8 Å². The molecule has 0 aromatic heterocycles. The molecule has 5 nitrogen and oxygen atoms in total. The number of carbonyl (C=O) groups is 2. The highest BCUT2D eigenvalue weighted by molar-refractivity contribution is 5.77. The number of rotatable bonds is 4. The first-order chi connectivity index (χ1) is 7.08. The molecular formula is C10H17NO4. The zero-order valence-corrected chi connectivity index (χ0v) is 8.66. The Hall–Kier alpha value is -1.10. The lowest BCUT2D eigenvalue weighted by molar-refractivity contribution is -0.142. The second kappa shape index (κ2) is 5.11. The number of nitrogens with one attached hydrogen (secondary N) is 1. The first kappa shape index (κ1) is 12.0. The van der Waals surface area contributed by atoms with Gasteiger partial charge < -0.3 is 5.11 Å². The van der Waals surface area contributed by atoms with Crippen LogP contribution in [0.1, 0.15) is 44.9 Å². The molecule has 0 aliphatic heterocycles. The molecule has 0 aromatic rings. The molecule has 1 fully saturated rings. The van der Waals surface area contributed by atoms with Crippen LogP contribution in [0, 0.1) is 5.41 Å². The molecule has 1 aliphatic carbocycles. The Morgan fingerprint density at radius 3 is 2.20 bits per heavy atom. The van der Waals surface area contributed by atoms with Crippen molar-refractivity contribution in [3.05, 3.63) is 0 Å². The van der Waals surface area contributed by atoms with Crippen LogP contribution >= 0.6 is 0 Å². The second-order valence-electron chi connectivity index (χ2n) is 4.34. The first-order valence-electron chi connectivity index (χ1n) is 5.23. The molecule has 3 N–H and O–H groups in total. The zero-order chi connectivity index (χ0) is 11.3. The van der Waals surface area contributed by atoms with Crippen LogP contribution in [0.4, 0.5) is 0 Å². The fourth-order valence-electron chi connectivity index (χ4n) is 2.42. The summed E-state index contributed by atoms with van der Waals surface area (Å²) in [5.41, 5.74) is 1.13. The Balaban J connectivity index is 2.65. The number of hydrogen-bond donors (Lipinski definition) is 3. The minimum Gasteiger partial charge on any atom is -0.481 e. The normalized spacial score (nSPS) is 19.5. The van der Waals surface area contributed by atoms with E-state index < -0.39 is 17.3 Å². The van der Waals surface area contributed by atoms with Gasteiger partial charge in [0.05, 0.1) is 6.42 Å². The molecule has 0 aromatic carbocycles. The molecule has 1 amide bonds. The van der Waals surface area contributed by atoms with Gasteiger partial charge in [-0.3, -0.25) is 14.8 Å². The molecule has 0 radical (unpaired) electrons. The van der Waals surface area contributed by atoms with Crippen molar-refractivity contribution in [2.75, 3.05) is 0 Å². The number of hydrogen-bond acceptors (Lipinski definition) is 3. The fourth-order valence-corrected chi connectivity index (χ4v) is 2.42. The average molecular weight is 215 g/mol. The van der Waals surface area contributed by atoms with E-state index in [1.807, 2.05) is 0 Å². The Kier molecular flexibility index (Phi) is 4.08. The minimum atomic E-state index is -0.873. The summed E-state index contributed by atoms with van der Waals surface area (Å²) in [5.74, 6) is -1.36. The van der Waals surface area contributed by atoms with Gasteiger partial charge in [0.25, 0.3) is 0 Å². The van der Waals surface area contributed by atoms with Crippen LogP contribution in [0.25, 0.3) is 0 Å². The van der Waals surface area contributed by atoms with Gasteiger partial charge in [0.2, 0.25) is 5.91 Å². The molecule has 1 aliphatic rings. The first-order valence-corrected chi connectivity index (χ1v) is 5.23. The number of amides is 1. The predicted octanol–water partition coefficient (Wildman–Crippen LogP) is 1.31. The van der Waals surface area contributed by atoms with Crippen LogP contribution in [-0.2, 0) is 9.59 Å². The van der Waals surface area contributed by atoms with Gasteiger partial charge in [0, 0.05) is 6.42 Å². The van der Waals surface area contributed by atoms with Gasteiger partial charge in [-0.2, -0.15) is 0 Å². The predicted molar refractivity (Wildman–Crippen MR) is 52.3 cm³/mol. The highest BCUT2D eigenvalue weighted by Gasteiger charge is 2.36. The number of carboxylic acids is 1. The van der Waals surface area contributed by atoms with E-state index in [1.165, 1.54) is 0 Å². The van der Waals surface area contributed by atoms with Crippen molar-refractivity contribution in [2.24, 2.45) is 5.41 Å². The maximum Gasteiger partial charge on any atom is 0.303 e. The molecule has 0 heterocycles. The number of carbonyl (C=O) groups excluding carboxylic acids is 1. The van der Waals surface area contributed by atoms with E-state index in [9.17, 15) is 9.59 Å². The molecule has 15 heavy (non-hydrogen) atoms. The number of hydroxylamine groups is 1. The lowest BCUT2D eigenvalue weighted by atomic mass is 9.69. The zero-order valence-electron chi connectivity index (χ0n) is 8.66. The van der Waals surface area contributed by atoms with Gasteiger partial charge in [-0.15, -0.1) is 0 Å². The van der Waals surface area contributed by atoms with Gasteiger partial charge in [-0.25, -0.2) is 5.48 Å². The van der Waals surface area contributed by atoms with E-state index in [2.05, 4.69) is 0 Å². The monoisotopic (exact) mass is 215 g/mol. The van der Waals surface area contributed by atoms with Crippen LogP contribution in [0.5, 0.6) is 0 Å². The maximum absolute atomic E-state index is 11.1. The molecule has 1 rings (SSSR count). The van der Waals surface area contributed by atoms with Gasteiger partial charge in [-0.05, 0) is 18.3 Å². The third-order valence-electron chi connectivity index (χ3n) is 3.10. The molecule has 0 unspecified atom stereocenters. The van der Waals surface area contributed by atoms with E-state index in [0.29, 0.717) is 0 Å². The Labute approximate surface area is 88.4 Å². The highest BCUT2D eigenvalue weighted by atomic mass is 16.5. The Bertz CT molecular complexity index is 246. The van der Waals surface area contributed by atoms with Gasteiger partial charge in [-0.1, -0.05) is 19.3 Å². The number of aliphatic carboxylic acids is 1. The van der Waals surface area contributed by atoms with Crippen molar-refractivity contribution >= 4 is 11.9 Å². The molecule has 1 saturated carbocycles. The van der Waals surface area contributed by atoms with E-state index in [0.717, 1.165) is 32.1 Å². The van der Waals surface area contributed by atoms with Gasteiger partial charge >= 0.3 is 5.97 Å². The quantitative estimate of drug-likeness (QED) is 0.487. The van der Waals surface area contributed by atoms with Crippen molar-refractivity contribution in [3.63, 3.8) is 0 Å². The van der Waals surface area contributed by atoms with Crippen LogP contribution in [0.3, 0.4) is 0 Å². The molecular weight excluding hydrogens is 198 g/mol. The molecule has 0 spiro atoms. The summed E-state index contributed by atoms with van der Waals surface area (Å²) in [7, 11) is 0. The van der Waals surface area contributed by atoms with Crippen molar-refractivity contribution < 1.29 is 19.9 Å². The molecule has 0 atom stereocenters. The van der Waals surface area contributed by atoms with E-state index in [4.69, 9.17) is 10.3 Å². The van der Waals surface area contributed by atoms with Crippen molar-refractivity contribution in [3.8, 4) is 0 Å². The molecule has 0 bridgehead atoms. The molecule has 0 saturated heterocycles. The lowest BCUT2D eigenvalue weighted by Gasteiger charge is -2.35.